The van der Waals surface area contributed by atoms with E-state index in [2.05, 4.69) is 31.9 Å². The van der Waals surface area contributed by atoms with Gasteiger partial charge >= 0.3 is 5.97 Å². The number of furan rings is 1. The Balaban J connectivity index is 1.77. The van der Waals surface area contributed by atoms with Gasteiger partial charge < -0.3 is 19.4 Å². The van der Waals surface area contributed by atoms with E-state index in [1.165, 1.54) is 24.3 Å². The molecule has 0 spiro atoms. The number of hydrogen-bond acceptors (Lipinski definition) is 6. The number of aryl methyl sites for hydroxylation is 1. The highest BCUT2D eigenvalue weighted by atomic mass is 79.9. The van der Waals surface area contributed by atoms with E-state index < -0.39 is 5.97 Å². The Kier molecular flexibility index (Phi) is 6.08. The third-order valence-corrected chi connectivity index (χ3v) is 6.09. The van der Waals surface area contributed by atoms with Crippen LogP contribution in [0, 0.1) is 0 Å². The van der Waals surface area contributed by atoms with Crippen molar-refractivity contribution in [1.82, 2.24) is 0 Å². The molecule has 8 heteroatoms. The van der Waals surface area contributed by atoms with Crippen LogP contribution in [0.2, 0.25) is 0 Å². The largest absolute Gasteiger partial charge is 0.506 e. The summed E-state index contributed by atoms with van der Waals surface area (Å²) in [5.74, 6) is -0.926. The molecule has 0 fully saturated rings. The Morgan fingerprint density at radius 1 is 0.969 bits per heavy atom. The molecule has 0 saturated carbocycles. The van der Waals surface area contributed by atoms with Crippen LogP contribution >= 0.6 is 31.9 Å². The lowest BCUT2D eigenvalue weighted by molar-refractivity contribution is 0.0729. The first-order valence-electron chi connectivity index (χ1n) is 9.58. The number of phenols is 2. The summed E-state index contributed by atoms with van der Waals surface area (Å²) in [7, 11) is 0. The second-order valence-electron chi connectivity index (χ2n) is 6.94. The van der Waals surface area contributed by atoms with Crippen LogP contribution in [0.5, 0.6) is 17.2 Å². The molecule has 0 radical (unpaired) electrons. The fourth-order valence-corrected chi connectivity index (χ4v) is 4.50. The quantitative estimate of drug-likeness (QED) is 0.167. The monoisotopic (exact) mass is 558 g/mol. The normalized spacial score (nSPS) is 11.0. The van der Waals surface area contributed by atoms with Crippen molar-refractivity contribution in [3.63, 3.8) is 0 Å². The van der Waals surface area contributed by atoms with Gasteiger partial charge in [-0.05, 0) is 62.2 Å². The van der Waals surface area contributed by atoms with Gasteiger partial charge in [-0.1, -0.05) is 25.1 Å². The van der Waals surface area contributed by atoms with E-state index in [0.29, 0.717) is 48.8 Å². The minimum atomic E-state index is -0.627. The maximum absolute atomic E-state index is 13.3. The lowest BCUT2D eigenvalue weighted by Gasteiger charge is -2.07. The van der Waals surface area contributed by atoms with Gasteiger partial charge in [-0.25, -0.2) is 4.79 Å². The number of esters is 1. The Labute approximate surface area is 199 Å². The maximum Gasteiger partial charge on any atom is 0.343 e. The molecule has 1 heterocycles. The summed E-state index contributed by atoms with van der Waals surface area (Å²) in [5, 5.41) is 20.8. The topological polar surface area (TPSA) is 97.0 Å². The Morgan fingerprint density at radius 2 is 1.62 bits per heavy atom. The molecule has 0 aliphatic heterocycles. The number of rotatable bonds is 5. The standard InChI is InChI=1S/C24H16Br2O6/c1-2-18-21(22(28)13-8-15(25)23(29)16(26)9-13)14-10-17(27)20(11-19(14)31-18)32-24(30)12-6-4-3-5-7-12/h3-11,27,29H,2H2,1H3. The fraction of sp³-hybridized carbons (Fsp3) is 0.0833. The van der Waals surface area contributed by atoms with E-state index in [-0.39, 0.29) is 23.0 Å². The van der Waals surface area contributed by atoms with Gasteiger partial charge in [-0.2, -0.15) is 0 Å². The molecule has 4 rings (SSSR count). The van der Waals surface area contributed by atoms with Crippen molar-refractivity contribution in [2.45, 2.75) is 13.3 Å². The number of carbonyl (C=O) groups excluding carboxylic acids is 2. The predicted octanol–water partition coefficient (Wildman–Crippen LogP) is 6.38. The van der Waals surface area contributed by atoms with Crippen LogP contribution < -0.4 is 4.74 Å². The summed E-state index contributed by atoms with van der Waals surface area (Å²) in [5.41, 5.74) is 1.25. The van der Waals surface area contributed by atoms with Crippen LogP contribution in [0.25, 0.3) is 11.0 Å². The van der Waals surface area contributed by atoms with Crippen molar-refractivity contribution in [2.24, 2.45) is 0 Å². The zero-order valence-electron chi connectivity index (χ0n) is 16.7. The molecule has 6 nitrogen and oxygen atoms in total. The van der Waals surface area contributed by atoms with Crippen LogP contribution in [-0.4, -0.2) is 22.0 Å². The molecular weight excluding hydrogens is 544 g/mol. The number of benzene rings is 3. The molecule has 1 aromatic heterocycles. The first-order chi connectivity index (χ1) is 15.3. The Hall–Kier alpha value is -3.10. The summed E-state index contributed by atoms with van der Waals surface area (Å²) in [6.45, 7) is 1.84. The molecule has 0 aliphatic rings. The van der Waals surface area contributed by atoms with Crippen molar-refractivity contribution in [1.29, 1.82) is 0 Å². The first kappa shape index (κ1) is 22.1. The van der Waals surface area contributed by atoms with E-state index >= 15 is 0 Å². The Bertz CT molecular complexity index is 1340. The first-order valence-corrected chi connectivity index (χ1v) is 11.2. The average molecular weight is 560 g/mol. The molecule has 2 N–H and O–H groups in total. The number of halogens is 2. The number of ketones is 1. The zero-order valence-corrected chi connectivity index (χ0v) is 19.9. The summed E-state index contributed by atoms with van der Waals surface area (Å²) in [6.07, 6.45) is 0.427. The molecule has 0 aliphatic carbocycles. The van der Waals surface area contributed by atoms with E-state index in [1.807, 2.05) is 6.92 Å². The minimum Gasteiger partial charge on any atom is -0.506 e. The molecule has 0 atom stereocenters. The van der Waals surface area contributed by atoms with Gasteiger partial charge in [0.1, 0.15) is 17.1 Å². The summed E-state index contributed by atoms with van der Waals surface area (Å²) >= 11 is 6.47. The van der Waals surface area contributed by atoms with Gasteiger partial charge in [0.2, 0.25) is 0 Å². The summed E-state index contributed by atoms with van der Waals surface area (Å²) < 4.78 is 11.9. The summed E-state index contributed by atoms with van der Waals surface area (Å²) in [4.78, 5) is 25.7. The highest BCUT2D eigenvalue weighted by Gasteiger charge is 2.25. The van der Waals surface area contributed by atoms with Gasteiger partial charge in [0, 0.05) is 23.4 Å². The van der Waals surface area contributed by atoms with Crippen LogP contribution in [0.4, 0.5) is 0 Å². The van der Waals surface area contributed by atoms with Gasteiger partial charge in [-0.3, -0.25) is 4.79 Å². The third kappa shape index (κ3) is 4.03. The molecule has 0 amide bonds. The average Bonchev–Trinajstić information content (AvgIpc) is 3.14. The highest BCUT2D eigenvalue weighted by Crippen LogP contribution is 2.39. The third-order valence-electron chi connectivity index (χ3n) is 4.88. The van der Waals surface area contributed by atoms with Gasteiger partial charge in [0.15, 0.2) is 17.3 Å². The number of aromatic hydroxyl groups is 2. The molecule has 0 saturated heterocycles. The van der Waals surface area contributed by atoms with Crippen LogP contribution in [-0.2, 0) is 6.42 Å². The van der Waals surface area contributed by atoms with Crippen molar-refractivity contribution in [3.05, 3.63) is 86.0 Å². The van der Waals surface area contributed by atoms with Gasteiger partial charge in [0.05, 0.1) is 20.1 Å². The van der Waals surface area contributed by atoms with E-state index in [0.717, 1.165) is 0 Å². The van der Waals surface area contributed by atoms with Crippen LogP contribution in [0.1, 0.15) is 39.0 Å². The van der Waals surface area contributed by atoms with Gasteiger partial charge in [0.25, 0.3) is 0 Å². The number of phenolic OH excluding ortho intramolecular Hbond substituents is 2. The number of carbonyl (C=O) groups is 2. The van der Waals surface area contributed by atoms with Crippen molar-refractivity contribution in [2.75, 3.05) is 0 Å². The molecule has 3 aromatic carbocycles. The molecule has 4 aromatic rings. The Morgan fingerprint density at radius 3 is 2.25 bits per heavy atom. The molecule has 162 valence electrons. The van der Waals surface area contributed by atoms with E-state index in [9.17, 15) is 19.8 Å². The van der Waals surface area contributed by atoms with Crippen LogP contribution in [0.3, 0.4) is 0 Å². The minimum absolute atomic E-state index is 0.0168. The van der Waals surface area contributed by atoms with E-state index in [4.69, 9.17) is 9.15 Å². The molecular formula is C24H16Br2O6. The molecule has 0 bridgehead atoms. The van der Waals surface area contributed by atoms with Gasteiger partial charge in [-0.15, -0.1) is 0 Å². The predicted molar refractivity (Wildman–Crippen MR) is 126 cm³/mol. The second kappa shape index (κ2) is 8.80. The van der Waals surface area contributed by atoms with Crippen molar-refractivity contribution >= 4 is 54.6 Å². The second-order valence-corrected chi connectivity index (χ2v) is 8.65. The zero-order chi connectivity index (χ0) is 23.0. The number of ether oxygens (including phenoxy) is 1. The van der Waals surface area contributed by atoms with E-state index in [1.54, 1.807) is 30.3 Å². The lowest BCUT2D eigenvalue weighted by atomic mass is 9.99. The summed E-state index contributed by atoms with van der Waals surface area (Å²) in [6, 6.07) is 14.2. The maximum atomic E-state index is 13.3. The lowest BCUT2D eigenvalue weighted by Crippen LogP contribution is -2.08. The number of hydrogen-bond donors (Lipinski definition) is 2. The molecule has 32 heavy (non-hydrogen) atoms. The SMILES string of the molecule is CCc1oc2cc(OC(=O)c3ccccc3)c(O)cc2c1C(=O)c1cc(Br)c(O)c(Br)c1. The molecule has 0 unspecified atom stereocenters. The number of fused-ring (bicyclic) bond motifs is 1. The smallest absolute Gasteiger partial charge is 0.343 e. The fourth-order valence-electron chi connectivity index (χ4n) is 3.32. The van der Waals surface area contributed by atoms with Crippen molar-refractivity contribution in [3.8, 4) is 17.2 Å². The van der Waals surface area contributed by atoms with Crippen LogP contribution in [0.15, 0.2) is 68.0 Å². The van der Waals surface area contributed by atoms with Crippen molar-refractivity contribution < 1.29 is 29.0 Å². The highest BCUT2D eigenvalue weighted by molar-refractivity contribution is 9.11.